The lowest BCUT2D eigenvalue weighted by Gasteiger charge is -1.99. The van der Waals surface area contributed by atoms with Gasteiger partial charge in [-0.15, -0.1) is 0 Å². The number of primary amides is 1. The number of halogens is 1. The molecule has 11 heavy (non-hydrogen) atoms. The van der Waals surface area contributed by atoms with E-state index in [4.69, 9.17) is 5.73 Å². The molecule has 0 atom stereocenters. The normalized spacial score (nSPS) is 9.55. The van der Waals surface area contributed by atoms with Gasteiger partial charge >= 0.3 is 6.09 Å². The van der Waals surface area contributed by atoms with Gasteiger partial charge < -0.3 is 10.5 Å². The number of amides is 1. The molecule has 0 heterocycles. The van der Waals surface area contributed by atoms with Gasteiger partial charge in [-0.05, 0) is 12.8 Å². The molecule has 0 aliphatic rings. The first-order valence-electron chi connectivity index (χ1n) is 3.75. The number of carbonyl (C=O) groups is 1. The molecule has 0 aromatic heterocycles. The average molecular weight is 224 g/mol. The van der Waals surface area contributed by atoms with Gasteiger partial charge in [0.15, 0.2) is 0 Å². The van der Waals surface area contributed by atoms with E-state index in [1.807, 2.05) is 0 Å². The Hall–Kier alpha value is -0.250. The smallest absolute Gasteiger partial charge is 0.404 e. The van der Waals surface area contributed by atoms with E-state index < -0.39 is 6.09 Å². The molecular weight excluding hydrogens is 210 g/mol. The molecule has 4 heteroatoms. The summed E-state index contributed by atoms with van der Waals surface area (Å²) in [5.74, 6) is 0. The monoisotopic (exact) mass is 223 g/mol. The zero-order chi connectivity index (χ0) is 8.53. The van der Waals surface area contributed by atoms with Crippen molar-refractivity contribution in [2.24, 2.45) is 5.73 Å². The molecule has 0 saturated heterocycles. The minimum Gasteiger partial charge on any atom is -0.450 e. The van der Waals surface area contributed by atoms with Crippen LogP contribution in [0.1, 0.15) is 25.7 Å². The number of hydrogen-bond acceptors (Lipinski definition) is 2. The summed E-state index contributed by atoms with van der Waals surface area (Å²) in [7, 11) is 0. The van der Waals surface area contributed by atoms with Gasteiger partial charge in [-0.25, -0.2) is 4.79 Å². The second-order valence-corrected chi connectivity index (χ2v) is 3.06. The molecule has 66 valence electrons. The van der Waals surface area contributed by atoms with Crippen LogP contribution < -0.4 is 5.73 Å². The van der Waals surface area contributed by atoms with Crippen LogP contribution in [0, 0.1) is 0 Å². The summed E-state index contributed by atoms with van der Waals surface area (Å²) in [6.07, 6.45) is 3.68. The Labute approximate surface area is 75.4 Å². The van der Waals surface area contributed by atoms with Crippen LogP contribution in [0.2, 0.25) is 0 Å². The summed E-state index contributed by atoms with van der Waals surface area (Å²) in [6, 6.07) is 0. The molecule has 0 bridgehead atoms. The van der Waals surface area contributed by atoms with Gasteiger partial charge in [0.2, 0.25) is 0 Å². The van der Waals surface area contributed by atoms with Crippen molar-refractivity contribution in [1.29, 1.82) is 0 Å². The summed E-state index contributed by atoms with van der Waals surface area (Å²) < 4.78 is 4.55. The molecule has 0 aliphatic heterocycles. The number of alkyl halides is 1. The number of unbranched alkanes of at least 4 members (excludes halogenated alkanes) is 3. The SMILES string of the molecule is NC(=O)OCCCCCCBr. The van der Waals surface area contributed by atoms with Gasteiger partial charge in [0.05, 0.1) is 6.61 Å². The Kier molecular flexibility index (Phi) is 7.67. The molecule has 0 aromatic carbocycles. The van der Waals surface area contributed by atoms with E-state index in [0.717, 1.165) is 18.2 Å². The number of carbonyl (C=O) groups excluding carboxylic acids is 1. The summed E-state index contributed by atoms with van der Waals surface area (Å²) >= 11 is 3.34. The van der Waals surface area contributed by atoms with E-state index >= 15 is 0 Å². The van der Waals surface area contributed by atoms with Crippen molar-refractivity contribution in [3.05, 3.63) is 0 Å². The number of ether oxygens (including phenoxy) is 1. The summed E-state index contributed by atoms with van der Waals surface area (Å²) in [5, 5.41) is 1.05. The number of hydrogen-bond donors (Lipinski definition) is 1. The lowest BCUT2D eigenvalue weighted by Crippen LogP contribution is -2.13. The van der Waals surface area contributed by atoms with Crippen molar-refractivity contribution in [1.82, 2.24) is 0 Å². The highest BCUT2D eigenvalue weighted by Gasteiger charge is 1.92. The van der Waals surface area contributed by atoms with Crippen LogP contribution in [-0.4, -0.2) is 18.0 Å². The molecule has 0 rings (SSSR count). The Morgan fingerprint density at radius 2 is 1.91 bits per heavy atom. The van der Waals surface area contributed by atoms with Crippen LogP contribution >= 0.6 is 15.9 Å². The third kappa shape index (κ3) is 9.75. The number of nitrogens with two attached hydrogens (primary N) is 1. The van der Waals surface area contributed by atoms with Crippen LogP contribution in [-0.2, 0) is 4.74 Å². The molecule has 0 fully saturated rings. The highest BCUT2D eigenvalue weighted by molar-refractivity contribution is 9.09. The first-order chi connectivity index (χ1) is 5.27. The van der Waals surface area contributed by atoms with Crippen LogP contribution in [0.15, 0.2) is 0 Å². The predicted octanol–water partition coefficient (Wildman–Crippen LogP) is 2.04. The van der Waals surface area contributed by atoms with Gasteiger partial charge in [0, 0.05) is 5.33 Å². The van der Waals surface area contributed by atoms with Gasteiger partial charge in [-0.3, -0.25) is 0 Å². The second kappa shape index (κ2) is 7.85. The first-order valence-corrected chi connectivity index (χ1v) is 4.87. The Morgan fingerprint density at radius 3 is 2.45 bits per heavy atom. The fourth-order valence-electron chi connectivity index (χ4n) is 0.723. The molecule has 0 aliphatic carbocycles. The molecule has 0 unspecified atom stereocenters. The largest absolute Gasteiger partial charge is 0.450 e. The van der Waals surface area contributed by atoms with Crippen LogP contribution in [0.5, 0.6) is 0 Å². The van der Waals surface area contributed by atoms with Crippen molar-refractivity contribution < 1.29 is 9.53 Å². The lowest BCUT2D eigenvalue weighted by atomic mass is 10.2. The fourth-order valence-corrected chi connectivity index (χ4v) is 1.12. The summed E-state index contributed by atoms with van der Waals surface area (Å²) in [6.45, 7) is 0.456. The van der Waals surface area contributed by atoms with E-state index in [1.54, 1.807) is 0 Å². The minimum absolute atomic E-state index is 0.456. The molecule has 2 N–H and O–H groups in total. The maximum absolute atomic E-state index is 10.1. The minimum atomic E-state index is -0.675. The van der Waals surface area contributed by atoms with Gasteiger partial charge in [0.1, 0.15) is 0 Å². The molecule has 0 aromatic rings. The van der Waals surface area contributed by atoms with Crippen LogP contribution in [0.25, 0.3) is 0 Å². The second-order valence-electron chi connectivity index (χ2n) is 2.27. The summed E-state index contributed by atoms with van der Waals surface area (Å²) in [5.41, 5.74) is 4.76. The first kappa shape index (κ1) is 10.8. The standard InChI is InChI=1S/C7H14BrNO2/c8-5-3-1-2-4-6-11-7(9)10/h1-6H2,(H2,9,10). The van der Waals surface area contributed by atoms with Crippen molar-refractivity contribution in [3.63, 3.8) is 0 Å². The van der Waals surface area contributed by atoms with Crippen molar-refractivity contribution >= 4 is 22.0 Å². The van der Waals surface area contributed by atoms with Gasteiger partial charge in [-0.2, -0.15) is 0 Å². The average Bonchev–Trinajstić information content (AvgIpc) is 1.96. The summed E-state index contributed by atoms with van der Waals surface area (Å²) in [4.78, 5) is 10.1. The third-order valence-electron chi connectivity index (χ3n) is 1.27. The van der Waals surface area contributed by atoms with Crippen LogP contribution in [0.4, 0.5) is 4.79 Å². The van der Waals surface area contributed by atoms with Crippen molar-refractivity contribution in [2.45, 2.75) is 25.7 Å². The van der Waals surface area contributed by atoms with E-state index in [1.165, 1.54) is 12.8 Å². The number of rotatable bonds is 6. The van der Waals surface area contributed by atoms with Crippen molar-refractivity contribution in [3.8, 4) is 0 Å². The maximum atomic E-state index is 10.1. The van der Waals surface area contributed by atoms with E-state index in [-0.39, 0.29) is 0 Å². The Morgan fingerprint density at radius 1 is 1.27 bits per heavy atom. The zero-order valence-electron chi connectivity index (χ0n) is 6.51. The van der Waals surface area contributed by atoms with E-state index in [2.05, 4.69) is 20.7 Å². The Balaban J connectivity index is 2.85. The van der Waals surface area contributed by atoms with Gasteiger partial charge in [-0.1, -0.05) is 28.8 Å². The maximum Gasteiger partial charge on any atom is 0.404 e. The molecule has 1 amide bonds. The lowest BCUT2D eigenvalue weighted by molar-refractivity contribution is 0.154. The third-order valence-corrected chi connectivity index (χ3v) is 1.83. The van der Waals surface area contributed by atoms with E-state index in [9.17, 15) is 4.79 Å². The van der Waals surface area contributed by atoms with Crippen molar-refractivity contribution in [2.75, 3.05) is 11.9 Å². The van der Waals surface area contributed by atoms with Crippen LogP contribution in [0.3, 0.4) is 0 Å². The quantitative estimate of drug-likeness (QED) is 0.554. The fraction of sp³-hybridized carbons (Fsp3) is 0.857. The van der Waals surface area contributed by atoms with Gasteiger partial charge in [0.25, 0.3) is 0 Å². The zero-order valence-corrected chi connectivity index (χ0v) is 8.10. The molecule has 0 spiro atoms. The molecule has 3 nitrogen and oxygen atoms in total. The van der Waals surface area contributed by atoms with E-state index in [0.29, 0.717) is 6.61 Å². The molecule has 0 saturated carbocycles. The molecular formula is C7H14BrNO2. The topological polar surface area (TPSA) is 52.3 Å². The molecule has 0 radical (unpaired) electrons. The highest BCUT2D eigenvalue weighted by atomic mass is 79.9. The highest BCUT2D eigenvalue weighted by Crippen LogP contribution is 2.01. The Bertz CT molecular complexity index is 109. The predicted molar refractivity (Wildman–Crippen MR) is 47.8 cm³/mol.